The Morgan fingerprint density at radius 1 is 1.40 bits per heavy atom. The average molecular weight is 342 g/mol. The van der Waals surface area contributed by atoms with Crippen LogP contribution >= 0.6 is 0 Å². The van der Waals surface area contributed by atoms with Gasteiger partial charge in [0, 0.05) is 24.3 Å². The molecule has 2 N–H and O–H groups in total. The van der Waals surface area contributed by atoms with Crippen molar-refractivity contribution < 1.29 is 14.3 Å². The number of morpholine rings is 1. The van der Waals surface area contributed by atoms with Gasteiger partial charge in [-0.25, -0.2) is 0 Å². The number of ether oxygens (including phenoxy) is 1. The number of benzene rings is 1. The smallest absolute Gasteiger partial charge is 0.251 e. The van der Waals surface area contributed by atoms with E-state index in [2.05, 4.69) is 15.7 Å². The SMILES string of the molecule is CCn1ncc(CNC(=O)[C@H]2OCC(=O)N[C@@H]2c2ccccc2)c1C. The summed E-state index contributed by atoms with van der Waals surface area (Å²) in [6.07, 6.45) is 0.999. The second-order valence-electron chi connectivity index (χ2n) is 5.98. The number of rotatable bonds is 5. The van der Waals surface area contributed by atoms with Gasteiger partial charge < -0.3 is 15.4 Å². The van der Waals surface area contributed by atoms with Crippen molar-refractivity contribution in [1.82, 2.24) is 20.4 Å². The lowest BCUT2D eigenvalue weighted by Crippen LogP contribution is -2.52. The number of aromatic nitrogens is 2. The van der Waals surface area contributed by atoms with E-state index in [0.29, 0.717) is 6.54 Å². The Morgan fingerprint density at radius 3 is 2.84 bits per heavy atom. The van der Waals surface area contributed by atoms with Crippen LogP contribution in [0.15, 0.2) is 36.5 Å². The summed E-state index contributed by atoms with van der Waals surface area (Å²) < 4.78 is 7.40. The molecule has 1 fully saturated rings. The lowest BCUT2D eigenvalue weighted by Gasteiger charge is -2.31. The molecule has 2 amide bonds. The summed E-state index contributed by atoms with van der Waals surface area (Å²) in [5.74, 6) is -0.476. The normalized spacial score (nSPS) is 20.2. The number of nitrogens with one attached hydrogen (secondary N) is 2. The summed E-state index contributed by atoms with van der Waals surface area (Å²) in [5, 5.41) is 10.0. The highest BCUT2D eigenvalue weighted by Crippen LogP contribution is 2.22. The number of amides is 2. The van der Waals surface area contributed by atoms with Crippen molar-refractivity contribution in [1.29, 1.82) is 0 Å². The zero-order valence-electron chi connectivity index (χ0n) is 14.4. The second-order valence-corrected chi connectivity index (χ2v) is 5.98. The fraction of sp³-hybridized carbons (Fsp3) is 0.389. The Bertz CT molecular complexity index is 757. The van der Waals surface area contributed by atoms with Gasteiger partial charge in [-0.05, 0) is 19.4 Å². The molecule has 0 spiro atoms. The predicted octanol–water partition coefficient (Wildman–Crippen LogP) is 1.08. The minimum Gasteiger partial charge on any atom is -0.356 e. The van der Waals surface area contributed by atoms with Gasteiger partial charge in [-0.15, -0.1) is 0 Å². The zero-order chi connectivity index (χ0) is 17.8. The number of carbonyl (C=O) groups is 2. The average Bonchev–Trinajstić information content (AvgIpc) is 3.00. The number of aryl methyl sites for hydroxylation is 1. The van der Waals surface area contributed by atoms with E-state index in [1.54, 1.807) is 6.20 Å². The highest BCUT2D eigenvalue weighted by Gasteiger charge is 2.35. The van der Waals surface area contributed by atoms with Gasteiger partial charge in [-0.1, -0.05) is 30.3 Å². The molecule has 2 atom stereocenters. The third kappa shape index (κ3) is 3.71. The molecule has 0 unspecified atom stereocenters. The largest absolute Gasteiger partial charge is 0.356 e. The number of carbonyl (C=O) groups excluding carboxylic acids is 2. The molecule has 2 aromatic rings. The Hall–Kier alpha value is -2.67. The molecular formula is C18H22N4O3. The maximum atomic E-state index is 12.6. The lowest BCUT2D eigenvalue weighted by atomic mass is 9.99. The first-order valence-corrected chi connectivity index (χ1v) is 8.35. The summed E-state index contributed by atoms with van der Waals surface area (Å²) in [6, 6.07) is 8.87. The number of hydrogen-bond donors (Lipinski definition) is 2. The highest BCUT2D eigenvalue weighted by molar-refractivity contribution is 5.86. The van der Waals surface area contributed by atoms with Gasteiger partial charge in [-0.3, -0.25) is 14.3 Å². The van der Waals surface area contributed by atoms with E-state index in [4.69, 9.17) is 4.74 Å². The minimum atomic E-state index is -0.762. The van der Waals surface area contributed by atoms with E-state index >= 15 is 0 Å². The van der Waals surface area contributed by atoms with Gasteiger partial charge in [0.25, 0.3) is 5.91 Å². The van der Waals surface area contributed by atoms with Crippen molar-refractivity contribution in [2.45, 2.75) is 39.1 Å². The van der Waals surface area contributed by atoms with Crippen LogP contribution < -0.4 is 10.6 Å². The quantitative estimate of drug-likeness (QED) is 0.852. The van der Waals surface area contributed by atoms with Gasteiger partial charge in [-0.2, -0.15) is 5.10 Å². The predicted molar refractivity (Wildman–Crippen MR) is 91.6 cm³/mol. The molecule has 0 bridgehead atoms. The monoisotopic (exact) mass is 342 g/mol. The van der Waals surface area contributed by atoms with Crippen molar-refractivity contribution in [2.24, 2.45) is 0 Å². The van der Waals surface area contributed by atoms with E-state index in [1.165, 1.54) is 0 Å². The van der Waals surface area contributed by atoms with Gasteiger partial charge >= 0.3 is 0 Å². The Kier molecular flexibility index (Phi) is 5.14. The number of hydrogen-bond acceptors (Lipinski definition) is 4. The molecule has 1 aromatic carbocycles. The van der Waals surface area contributed by atoms with E-state index in [-0.39, 0.29) is 18.4 Å². The molecule has 2 heterocycles. The van der Waals surface area contributed by atoms with Crippen LogP contribution in [0.25, 0.3) is 0 Å². The van der Waals surface area contributed by atoms with Crippen molar-refractivity contribution in [2.75, 3.05) is 6.61 Å². The van der Waals surface area contributed by atoms with Crippen LogP contribution in [0.5, 0.6) is 0 Å². The summed E-state index contributed by atoms with van der Waals surface area (Å²) in [5.41, 5.74) is 2.83. The van der Waals surface area contributed by atoms with Crippen molar-refractivity contribution in [3.63, 3.8) is 0 Å². The molecule has 0 radical (unpaired) electrons. The van der Waals surface area contributed by atoms with Gasteiger partial charge in [0.1, 0.15) is 6.61 Å². The maximum absolute atomic E-state index is 12.6. The summed E-state index contributed by atoms with van der Waals surface area (Å²) >= 11 is 0. The molecule has 7 heteroatoms. The molecule has 25 heavy (non-hydrogen) atoms. The van der Waals surface area contributed by atoms with Gasteiger partial charge in [0.15, 0.2) is 6.10 Å². The van der Waals surface area contributed by atoms with E-state index < -0.39 is 12.1 Å². The molecule has 1 aliphatic heterocycles. The molecule has 7 nitrogen and oxygen atoms in total. The highest BCUT2D eigenvalue weighted by atomic mass is 16.5. The molecule has 3 rings (SSSR count). The van der Waals surface area contributed by atoms with E-state index in [9.17, 15) is 9.59 Å². The van der Waals surface area contributed by atoms with Crippen molar-refractivity contribution in [3.05, 3.63) is 53.3 Å². The summed E-state index contributed by atoms with van der Waals surface area (Å²) in [6.45, 7) is 5.04. The first kappa shape index (κ1) is 17.2. The van der Waals surface area contributed by atoms with Crippen LogP contribution in [-0.4, -0.2) is 34.3 Å². The molecule has 1 aliphatic rings. The van der Waals surface area contributed by atoms with E-state index in [1.807, 2.05) is 48.9 Å². The van der Waals surface area contributed by atoms with Crippen LogP contribution in [0.1, 0.15) is 29.8 Å². The molecule has 1 saturated heterocycles. The topological polar surface area (TPSA) is 85.2 Å². The fourth-order valence-electron chi connectivity index (χ4n) is 2.96. The Morgan fingerprint density at radius 2 is 2.16 bits per heavy atom. The van der Waals surface area contributed by atoms with E-state index in [0.717, 1.165) is 23.4 Å². The maximum Gasteiger partial charge on any atom is 0.251 e. The fourth-order valence-corrected chi connectivity index (χ4v) is 2.96. The van der Waals surface area contributed by atoms with Crippen LogP contribution in [0.4, 0.5) is 0 Å². The molecule has 1 aromatic heterocycles. The minimum absolute atomic E-state index is 0.117. The first-order valence-electron chi connectivity index (χ1n) is 8.35. The zero-order valence-corrected chi connectivity index (χ0v) is 14.4. The van der Waals surface area contributed by atoms with Crippen LogP contribution in [-0.2, 0) is 27.4 Å². The molecule has 0 saturated carbocycles. The van der Waals surface area contributed by atoms with Crippen LogP contribution in [0.2, 0.25) is 0 Å². The number of nitrogens with zero attached hydrogens (tertiary/aromatic N) is 2. The summed E-state index contributed by atoms with van der Waals surface area (Å²) in [4.78, 5) is 24.3. The second kappa shape index (κ2) is 7.48. The van der Waals surface area contributed by atoms with Gasteiger partial charge in [0.2, 0.25) is 5.91 Å². The molecule has 0 aliphatic carbocycles. The van der Waals surface area contributed by atoms with Crippen molar-refractivity contribution in [3.8, 4) is 0 Å². The first-order chi connectivity index (χ1) is 12.1. The standard InChI is InChI=1S/C18H22N4O3/c1-3-22-12(2)14(10-20-22)9-19-18(24)17-16(21-15(23)11-25-17)13-7-5-4-6-8-13/h4-8,10,16-17H,3,9,11H2,1-2H3,(H,19,24)(H,21,23)/t16-,17+/m1/s1. The van der Waals surface area contributed by atoms with Crippen molar-refractivity contribution >= 4 is 11.8 Å². The molecule has 132 valence electrons. The Balaban J connectivity index is 1.70. The van der Waals surface area contributed by atoms with Crippen LogP contribution in [0, 0.1) is 6.92 Å². The molecular weight excluding hydrogens is 320 g/mol. The summed E-state index contributed by atoms with van der Waals surface area (Å²) in [7, 11) is 0. The van der Waals surface area contributed by atoms with Gasteiger partial charge in [0.05, 0.1) is 12.2 Å². The van der Waals surface area contributed by atoms with Crippen LogP contribution in [0.3, 0.4) is 0 Å². The lowest BCUT2D eigenvalue weighted by molar-refractivity contribution is -0.148. The Labute approximate surface area is 146 Å². The third-order valence-corrected chi connectivity index (χ3v) is 4.39. The third-order valence-electron chi connectivity index (χ3n) is 4.39.